The van der Waals surface area contributed by atoms with Gasteiger partial charge in [0.25, 0.3) is 5.69 Å². The molecule has 0 aliphatic heterocycles. The minimum absolute atomic E-state index is 0.225. The summed E-state index contributed by atoms with van der Waals surface area (Å²) < 4.78 is 13.3. The fourth-order valence-electron chi connectivity index (χ4n) is 1.90. The van der Waals surface area contributed by atoms with E-state index in [2.05, 4.69) is 5.32 Å². The lowest BCUT2D eigenvalue weighted by molar-refractivity contribution is -0.385. The standard InChI is InChI=1S/C15H15FN2O2/c1-11-2-4-12(5-3-11)9-17-10-13-6-14(16)8-15(7-13)18(19)20/h2-8,17H,9-10H2,1H3. The number of halogens is 1. The molecule has 5 heteroatoms. The van der Waals surface area contributed by atoms with Crippen molar-refractivity contribution in [1.29, 1.82) is 0 Å². The number of rotatable bonds is 5. The van der Waals surface area contributed by atoms with Crippen LogP contribution in [0.15, 0.2) is 42.5 Å². The summed E-state index contributed by atoms with van der Waals surface area (Å²) in [5.41, 5.74) is 2.64. The molecule has 0 bridgehead atoms. The molecule has 1 N–H and O–H groups in total. The lowest BCUT2D eigenvalue weighted by atomic mass is 10.1. The van der Waals surface area contributed by atoms with Crippen LogP contribution in [0, 0.1) is 22.9 Å². The van der Waals surface area contributed by atoms with E-state index in [-0.39, 0.29) is 5.69 Å². The van der Waals surface area contributed by atoms with Gasteiger partial charge in [0.15, 0.2) is 0 Å². The van der Waals surface area contributed by atoms with Crippen LogP contribution >= 0.6 is 0 Å². The largest absolute Gasteiger partial charge is 0.309 e. The molecule has 0 saturated carbocycles. The van der Waals surface area contributed by atoms with Gasteiger partial charge in [-0.1, -0.05) is 29.8 Å². The van der Waals surface area contributed by atoms with E-state index >= 15 is 0 Å². The Morgan fingerprint density at radius 2 is 1.75 bits per heavy atom. The molecule has 0 saturated heterocycles. The lowest BCUT2D eigenvalue weighted by Gasteiger charge is -2.06. The highest BCUT2D eigenvalue weighted by Crippen LogP contribution is 2.16. The summed E-state index contributed by atoms with van der Waals surface area (Å²) in [7, 11) is 0. The Morgan fingerprint density at radius 1 is 1.10 bits per heavy atom. The summed E-state index contributed by atoms with van der Waals surface area (Å²) >= 11 is 0. The number of nitrogens with one attached hydrogen (secondary N) is 1. The Bertz CT molecular complexity index is 612. The summed E-state index contributed by atoms with van der Waals surface area (Å²) in [6.07, 6.45) is 0. The van der Waals surface area contributed by atoms with E-state index in [1.54, 1.807) is 0 Å². The van der Waals surface area contributed by atoms with Gasteiger partial charge in [0.2, 0.25) is 0 Å². The van der Waals surface area contributed by atoms with Crippen molar-refractivity contribution in [3.8, 4) is 0 Å². The summed E-state index contributed by atoms with van der Waals surface area (Å²) in [5.74, 6) is -0.591. The SMILES string of the molecule is Cc1ccc(CNCc2cc(F)cc([N+](=O)[O-])c2)cc1. The molecule has 0 atom stereocenters. The van der Waals surface area contributed by atoms with E-state index in [4.69, 9.17) is 0 Å². The van der Waals surface area contributed by atoms with Gasteiger partial charge in [-0.2, -0.15) is 0 Å². The highest BCUT2D eigenvalue weighted by atomic mass is 19.1. The van der Waals surface area contributed by atoms with Crippen LogP contribution in [0.2, 0.25) is 0 Å². The predicted octanol–water partition coefficient (Wildman–Crippen LogP) is 3.33. The van der Waals surface area contributed by atoms with Gasteiger partial charge in [-0.05, 0) is 24.1 Å². The summed E-state index contributed by atoms with van der Waals surface area (Å²) in [5, 5.41) is 13.8. The summed E-state index contributed by atoms with van der Waals surface area (Å²) in [4.78, 5) is 10.1. The maximum Gasteiger partial charge on any atom is 0.272 e. The third-order valence-electron chi connectivity index (χ3n) is 2.93. The second-order valence-corrected chi connectivity index (χ2v) is 4.66. The van der Waals surface area contributed by atoms with Crippen LogP contribution in [0.4, 0.5) is 10.1 Å². The number of non-ortho nitro benzene ring substituents is 1. The smallest absolute Gasteiger partial charge is 0.272 e. The average Bonchev–Trinajstić information content (AvgIpc) is 2.40. The number of benzene rings is 2. The van der Waals surface area contributed by atoms with Gasteiger partial charge in [-0.3, -0.25) is 10.1 Å². The predicted molar refractivity (Wildman–Crippen MR) is 74.8 cm³/mol. The third-order valence-corrected chi connectivity index (χ3v) is 2.93. The maximum atomic E-state index is 13.3. The van der Waals surface area contributed by atoms with E-state index in [0.717, 1.165) is 11.6 Å². The van der Waals surface area contributed by atoms with Crippen molar-refractivity contribution in [3.05, 3.63) is 75.1 Å². The third kappa shape index (κ3) is 3.86. The van der Waals surface area contributed by atoms with Crippen molar-refractivity contribution >= 4 is 5.69 Å². The van der Waals surface area contributed by atoms with Gasteiger partial charge in [0.1, 0.15) is 5.82 Å². The van der Waals surface area contributed by atoms with Crippen LogP contribution in [0.1, 0.15) is 16.7 Å². The molecule has 0 amide bonds. The van der Waals surface area contributed by atoms with Gasteiger partial charge < -0.3 is 5.32 Å². The van der Waals surface area contributed by atoms with Crippen molar-refractivity contribution in [2.24, 2.45) is 0 Å². The Hall–Kier alpha value is -2.27. The van der Waals surface area contributed by atoms with Crippen LogP contribution in [-0.4, -0.2) is 4.92 Å². The molecular formula is C15H15FN2O2. The van der Waals surface area contributed by atoms with Crippen molar-refractivity contribution in [1.82, 2.24) is 5.32 Å². The highest BCUT2D eigenvalue weighted by Gasteiger charge is 2.09. The normalized spacial score (nSPS) is 10.5. The molecule has 0 radical (unpaired) electrons. The van der Waals surface area contributed by atoms with E-state index in [1.165, 1.54) is 17.7 Å². The van der Waals surface area contributed by atoms with Gasteiger partial charge in [-0.15, -0.1) is 0 Å². The number of hydrogen-bond acceptors (Lipinski definition) is 3. The van der Waals surface area contributed by atoms with E-state index < -0.39 is 10.7 Å². The fraction of sp³-hybridized carbons (Fsp3) is 0.200. The van der Waals surface area contributed by atoms with Crippen LogP contribution < -0.4 is 5.32 Å². The van der Waals surface area contributed by atoms with Crippen LogP contribution in [-0.2, 0) is 13.1 Å². The molecule has 20 heavy (non-hydrogen) atoms. The number of nitrogens with zero attached hydrogens (tertiary/aromatic N) is 1. The molecule has 2 aromatic carbocycles. The Morgan fingerprint density at radius 3 is 2.40 bits per heavy atom. The van der Waals surface area contributed by atoms with Crippen LogP contribution in [0.5, 0.6) is 0 Å². The molecular weight excluding hydrogens is 259 g/mol. The molecule has 2 rings (SSSR count). The Kier molecular flexibility index (Phi) is 4.42. The number of aryl methyl sites for hydroxylation is 1. The molecule has 0 unspecified atom stereocenters. The molecule has 4 nitrogen and oxygen atoms in total. The monoisotopic (exact) mass is 274 g/mol. The van der Waals surface area contributed by atoms with Crippen LogP contribution in [0.3, 0.4) is 0 Å². The minimum Gasteiger partial charge on any atom is -0.309 e. The zero-order valence-electron chi connectivity index (χ0n) is 11.1. The first-order chi connectivity index (χ1) is 9.54. The first kappa shape index (κ1) is 14.1. The zero-order valence-corrected chi connectivity index (χ0v) is 11.1. The summed E-state index contributed by atoms with van der Waals surface area (Å²) in [6.45, 7) is 3.03. The Labute approximate surface area is 116 Å². The van der Waals surface area contributed by atoms with Crippen molar-refractivity contribution in [2.75, 3.05) is 0 Å². The molecule has 104 valence electrons. The second kappa shape index (κ2) is 6.25. The first-order valence-corrected chi connectivity index (χ1v) is 6.25. The Balaban J connectivity index is 1.97. The van der Waals surface area contributed by atoms with Crippen molar-refractivity contribution in [2.45, 2.75) is 20.0 Å². The fourth-order valence-corrected chi connectivity index (χ4v) is 1.90. The van der Waals surface area contributed by atoms with Gasteiger partial charge >= 0.3 is 0 Å². The zero-order chi connectivity index (χ0) is 14.5. The topological polar surface area (TPSA) is 55.2 Å². The number of hydrogen-bond donors (Lipinski definition) is 1. The van der Waals surface area contributed by atoms with Gasteiger partial charge in [-0.25, -0.2) is 4.39 Å². The minimum atomic E-state index is -0.591. The van der Waals surface area contributed by atoms with Gasteiger partial charge in [0.05, 0.1) is 11.0 Å². The second-order valence-electron chi connectivity index (χ2n) is 4.66. The maximum absolute atomic E-state index is 13.3. The lowest BCUT2D eigenvalue weighted by Crippen LogP contribution is -2.13. The number of nitro benzene ring substituents is 1. The first-order valence-electron chi connectivity index (χ1n) is 6.25. The summed E-state index contributed by atoms with van der Waals surface area (Å²) in [6, 6.07) is 11.7. The molecule has 0 fully saturated rings. The quantitative estimate of drug-likeness (QED) is 0.672. The van der Waals surface area contributed by atoms with Crippen molar-refractivity contribution in [3.63, 3.8) is 0 Å². The van der Waals surface area contributed by atoms with Gasteiger partial charge in [0, 0.05) is 19.2 Å². The molecule has 0 heterocycles. The highest BCUT2D eigenvalue weighted by molar-refractivity contribution is 5.35. The molecule has 0 spiro atoms. The molecule has 2 aromatic rings. The average molecular weight is 274 g/mol. The number of nitro groups is 1. The van der Waals surface area contributed by atoms with E-state index in [9.17, 15) is 14.5 Å². The van der Waals surface area contributed by atoms with Crippen LogP contribution in [0.25, 0.3) is 0 Å². The molecule has 0 aromatic heterocycles. The van der Waals surface area contributed by atoms with E-state index in [0.29, 0.717) is 18.7 Å². The van der Waals surface area contributed by atoms with E-state index in [1.807, 2.05) is 31.2 Å². The molecule has 0 aliphatic carbocycles. The van der Waals surface area contributed by atoms with Crippen molar-refractivity contribution < 1.29 is 9.31 Å². The molecule has 0 aliphatic rings.